The van der Waals surface area contributed by atoms with Crippen LogP contribution in [0.1, 0.15) is 29.1 Å². The molecule has 11 heteroatoms. The van der Waals surface area contributed by atoms with E-state index in [2.05, 4.69) is 5.32 Å². The van der Waals surface area contributed by atoms with Gasteiger partial charge in [-0.1, -0.05) is 0 Å². The molecule has 0 radical (unpaired) electrons. The lowest BCUT2D eigenvalue weighted by Gasteiger charge is -2.38. The van der Waals surface area contributed by atoms with Crippen molar-refractivity contribution in [2.24, 2.45) is 10.9 Å². The number of guanidine groups is 1. The number of rotatable bonds is 6. The highest BCUT2D eigenvalue weighted by Crippen LogP contribution is 2.38. The molecule has 0 unspecified atom stereocenters. The second-order valence-corrected chi connectivity index (χ2v) is 7.98. The van der Waals surface area contributed by atoms with Gasteiger partial charge in [0.2, 0.25) is 11.9 Å². The molecule has 1 aromatic heterocycles. The van der Waals surface area contributed by atoms with Gasteiger partial charge in [-0.25, -0.2) is 4.99 Å². The highest BCUT2D eigenvalue weighted by atomic mass is 16.5. The summed E-state index contributed by atoms with van der Waals surface area (Å²) >= 11 is 0. The average Bonchev–Trinajstić information content (AvgIpc) is 3.42. The van der Waals surface area contributed by atoms with Crippen molar-refractivity contribution in [3.63, 3.8) is 0 Å². The summed E-state index contributed by atoms with van der Waals surface area (Å²) < 4.78 is 21.2. The van der Waals surface area contributed by atoms with Crippen LogP contribution in [0.2, 0.25) is 0 Å². The molecule has 3 heterocycles. The van der Waals surface area contributed by atoms with E-state index in [1.54, 1.807) is 42.2 Å². The molecule has 2 amide bonds. The molecule has 0 saturated carbocycles. The number of hydrogen-bond acceptors (Lipinski definition) is 9. The van der Waals surface area contributed by atoms with E-state index < -0.39 is 23.8 Å². The van der Waals surface area contributed by atoms with Crippen molar-refractivity contribution >= 4 is 23.7 Å². The van der Waals surface area contributed by atoms with E-state index in [0.29, 0.717) is 49.2 Å². The lowest BCUT2D eigenvalue weighted by molar-refractivity contribution is -0.153. The molecule has 1 saturated heterocycles. The first-order valence-corrected chi connectivity index (χ1v) is 11.3. The summed E-state index contributed by atoms with van der Waals surface area (Å²) in [6, 6.07) is 7.57. The van der Waals surface area contributed by atoms with Crippen LogP contribution in [-0.2, 0) is 14.3 Å². The SMILES string of the molecule is CCOC(=O)[C@H]1C(=O)NC(N2CCN(C(=O)c3ccco3)CC2)=N[C@H]1c1ccc(OC)cc1OC. The highest BCUT2D eigenvalue weighted by molar-refractivity contribution is 6.08. The van der Waals surface area contributed by atoms with Crippen LogP contribution in [0.4, 0.5) is 0 Å². The summed E-state index contributed by atoms with van der Waals surface area (Å²) in [5.74, 6) is -0.908. The van der Waals surface area contributed by atoms with Crippen LogP contribution in [0.3, 0.4) is 0 Å². The largest absolute Gasteiger partial charge is 0.497 e. The van der Waals surface area contributed by atoms with Crippen LogP contribution in [0.25, 0.3) is 0 Å². The first-order chi connectivity index (χ1) is 17.0. The minimum absolute atomic E-state index is 0.136. The molecule has 1 N–H and O–H groups in total. The number of piperazine rings is 1. The van der Waals surface area contributed by atoms with Gasteiger partial charge in [-0.2, -0.15) is 0 Å². The molecule has 2 aromatic rings. The third-order valence-corrected chi connectivity index (χ3v) is 5.99. The van der Waals surface area contributed by atoms with Crippen LogP contribution in [0.15, 0.2) is 46.0 Å². The Morgan fingerprint density at radius 1 is 1.14 bits per heavy atom. The molecule has 186 valence electrons. The smallest absolute Gasteiger partial charge is 0.321 e. The summed E-state index contributed by atoms with van der Waals surface area (Å²) in [5, 5.41) is 2.76. The fourth-order valence-corrected chi connectivity index (χ4v) is 4.19. The second kappa shape index (κ2) is 10.5. The van der Waals surface area contributed by atoms with E-state index in [1.165, 1.54) is 20.5 Å². The van der Waals surface area contributed by atoms with Crippen LogP contribution in [0, 0.1) is 5.92 Å². The molecule has 2 aliphatic heterocycles. The Balaban J connectivity index is 1.60. The Morgan fingerprint density at radius 3 is 2.54 bits per heavy atom. The molecule has 0 spiro atoms. The number of furan rings is 1. The monoisotopic (exact) mass is 484 g/mol. The van der Waals surface area contributed by atoms with E-state index in [0.717, 1.165) is 0 Å². The van der Waals surface area contributed by atoms with Gasteiger partial charge < -0.3 is 28.4 Å². The van der Waals surface area contributed by atoms with Gasteiger partial charge in [-0.3, -0.25) is 19.7 Å². The molecule has 11 nitrogen and oxygen atoms in total. The Hall–Kier alpha value is -4.02. The van der Waals surface area contributed by atoms with Crippen molar-refractivity contribution in [2.75, 3.05) is 47.0 Å². The normalized spacial score (nSPS) is 20.1. The standard InChI is InChI=1S/C24H28N4O7/c1-4-34-23(31)19-20(16-8-7-15(32-2)14-18(16)33-3)25-24(26-21(19)29)28-11-9-27(10-12-28)22(30)17-6-5-13-35-17/h5-8,13-14,19-20H,4,9-12H2,1-3H3,(H,25,26,29)/t19-,20+/m1/s1. The summed E-state index contributed by atoms with van der Waals surface area (Å²) in [5.41, 5.74) is 0.560. The maximum Gasteiger partial charge on any atom is 0.321 e. The van der Waals surface area contributed by atoms with Crippen molar-refractivity contribution in [3.05, 3.63) is 47.9 Å². The van der Waals surface area contributed by atoms with Gasteiger partial charge >= 0.3 is 5.97 Å². The predicted octanol–water partition coefficient (Wildman–Crippen LogP) is 1.46. The Kier molecular flexibility index (Phi) is 7.23. The summed E-state index contributed by atoms with van der Waals surface area (Å²) in [4.78, 5) is 46.8. The van der Waals surface area contributed by atoms with Gasteiger partial charge in [-0.15, -0.1) is 0 Å². The molecular formula is C24H28N4O7. The van der Waals surface area contributed by atoms with E-state index >= 15 is 0 Å². The fourth-order valence-electron chi connectivity index (χ4n) is 4.19. The van der Waals surface area contributed by atoms with Crippen LogP contribution >= 0.6 is 0 Å². The first kappa shape index (κ1) is 24.1. The zero-order valence-electron chi connectivity index (χ0n) is 19.9. The molecule has 0 bridgehead atoms. The van der Waals surface area contributed by atoms with Crippen molar-refractivity contribution < 1.29 is 33.0 Å². The topological polar surface area (TPSA) is 123 Å². The number of methoxy groups -OCH3 is 2. The third kappa shape index (κ3) is 4.93. The van der Waals surface area contributed by atoms with E-state index in [4.69, 9.17) is 23.6 Å². The minimum atomic E-state index is -1.18. The lowest BCUT2D eigenvalue weighted by atomic mass is 9.90. The molecule has 2 atom stereocenters. The maximum atomic E-state index is 13.1. The molecular weight excluding hydrogens is 456 g/mol. The molecule has 35 heavy (non-hydrogen) atoms. The first-order valence-electron chi connectivity index (χ1n) is 11.3. The number of nitrogens with zero attached hydrogens (tertiary/aromatic N) is 3. The van der Waals surface area contributed by atoms with Crippen molar-refractivity contribution in [3.8, 4) is 11.5 Å². The summed E-state index contributed by atoms with van der Waals surface area (Å²) in [6.07, 6.45) is 1.46. The van der Waals surface area contributed by atoms with Crippen LogP contribution in [-0.4, -0.2) is 80.5 Å². The Labute approximate surface area is 202 Å². The maximum absolute atomic E-state index is 13.1. The predicted molar refractivity (Wildman–Crippen MR) is 124 cm³/mol. The number of carbonyl (C=O) groups is 3. The van der Waals surface area contributed by atoms with Crippen LogP contribution < -0.4 is 14.8 Å². The van der Waals surface area contributed by atoms with Gasteiger partial charge in [0.15, 0.2) is 11.7 Å². The molecule has 1 aromatic carbocycles. The van der Waals surface area contributed by atoms with Gasteiger partial charge in [0, 0.05) is 37.8 Å². The average molecular weight is 485 g/mol. The molecule has 2 aliphatic rings. The number of hydrogen-bond donors (Lipinski definition) is 1. The second-order valence-electron chi connectivity index (χ2n) is 7.98. The van der Waals surface area contributed by atoms with Crippen molar-refractivity contribution in [2.45, 2.75) is 13.0 Å². The number of ether oxygens (including phenoxy) is 3. The van der Waals surface area contributed by atoms with Gasteiger partial charge in [0.05, 0.1) is 27.1 Å². The van der Waals surface area contributed by atoms with Crippen molar-refractivity contribution in [1.29, 1.82) is 0 Å². The van der Waals surface area contributed by atoms with Crippen LogP contribution in [0.5, 0.6) is 11.5 Å². The number of nitrogens with one attached hydrogen (secondary N) is 1. The summed E-state index contributed by atoms with van der Waals surface area (Å²) in [7, 11) is 3.04. The van der Waals surface area contributed by atoms with E-state index in [-0.39, 0.29) is 18.3 Å². The van der Waals surface area contributed by atoms with Gasteiger partial charge in [0.25, 0.3) is 5.91 Å². The van der Waals surface area contributed by atoms with E-state index in [9.17, 15) is 14.4 Å². The van der Waals surface area contributed by atoms with Gasteiger partial charge in [-0.05, 0) is 31.2 Å². The third-order valence-electron chi connectivity index (χ3n) is 5.99. The van der Waals surface area contributed by atoms with E-state index in [1.807, 2.05) is 4.90 Å². The van der Waals surface area contributed by atoms with Gasteiger partial charge in [0.1, 0.15) is 17.5 Å². The molecule has 1 fully saturated rings. The molecule has 0 aliphatic carbocycles. The Bertz CT molecular complexity index is 1110. The number of carbonyl (C=O) groups excluding carboxylic acids is 3. The number of aliphatic imine (C=N–C) groups is 1. The fraction of sp³-hybridized carbons (Fsp3) is 0.417. The lowest BCUT2D eigenvalue weighted by Crippen LogP contribution is -2.58. The number of amides is 2. The quantitative estimate of drug-likeness (QED) is 0.483. The molecule has 4 rings (SSSR count). The highest BCUT2D eigenvalue weighted by Gasteiger charge is 2.43. The summed E-state index contributed by atoms with van der Waals surface area (Å²) in [6.45, 7) is 3.56. The zero-order chi connectivity index (χ0) is 24.9. The number of benzene rings is 1. The Morgan fingerprint density at radius 2 is 1.91 bits per heavy atom. The van der Waals surface area contributed by atoms with Crippen molar-refractivity contribution in [1.82, 2.24) is 15.1 Å². The zero-order valence-corrected chi connectivity index (χ0v) is 19.9. The minimum Gasteiger partial charge on any atom is -0.497 e. The number of esters is 1.